The number of anilines is 4. The van der Waals surface area contributed by atoms with Crippen molar-refractivity contribution in [3.63, 3.8) is 0 Å². The van der Waals surface area contributed by atoms with E-state index < -0.39 is 11.6 Å². The lowest BCUT2D eigenvalue weighted by Crippen LogP contribution is -2.35. The number of esters is 1. The fraction of sp³-hybridized carbons (Fsp3) is 0.483. The number of fused-ring (bicyclic) bond motifs is 4. The standard InChI is InChI=1S/C31H39ClFN5O5.C29H37ClFN5O4/c1-20-28(40)8-5-6-11-42-29-15-23-27(17-30(29)43-12-7-9-37(3)10-13-41-21(2)39)34-19-35-31(23)36-26-16-24(32)25(33)14-22(26)18-38(20)4;1-19-26(38)7-4-5-11-39-27-14-21-25(16-28(27)40-12-6-8-35(2)9-10-37)32-18-33-29(21)34-24-15-22(30)23(31)13-20(24)17-36(19)3/h14-17,19-20H,5-13,18H2,1-4H3,(H,34,35,36);13-16,18-19,37H,4-12,17H2,1-3H3,(H,32,33,34)/t20-;19-/m00/s1. The van der Waals surface area contributed by atoms with E-state index in [9.17, 15) is 23.2 Å². The van der Waals surface area contributed by atoms with Crippen LogP contribution in [0.4, 0.5) is 31.8 Å². The molecule has 83 heavy (non-hydrogen) atoms. The maximum Gasteiger partial charge on any atom is 0.302 e. The van der Waals surface area contributed by atoms with Crippen LogP contribution in [0.15, 0.2) is 61.2 Å². The second-order valence-electron chi connectivity index (χ2n) is 21.0. The number of carbonyl (C=O) groups is 3. The zero-order valence-corrected chi connectivity index (χ0v) is 49.9. The van der Waals surface area contributed by atoms with Crippen LogP contribution in [0.5, 0.6) is 23.0 Å². The third-order valence-electron chi connectivity index (χ3n) is 14.6. The zero-order valence-electron chi connectivity index (χ0n) is 48.4. The number of rotatable bonds is 15. The number of hydrogen-bond acceptors (Lipinski definition) is 19. The molecule has 8 rings (SSSR count). The molecule has 19 nitrogen and oxygen atoms in total. The highest BCUT2D eigenvalue weighted by atomic mass is 35.5. The number of halogens is 4. The Kier molecular flexibility index (Phi) is 24.2. The van der Waals surface area contributed by atoms with Gasteiger partial charge in [0, 0.05) is 93.3 Å². The van der Waals surface area contributed by atoms with Crippen molar-refractivity contribution in [2.45, 2.75) is 97.3 Å². The van der Waals surface area contributed by atoms with Gasteiger partial charge >= 0.3 is 5.97 Å². The van der Waals surface area contributed by atoms with Crippen molar-refractivity contribution < 1.29 is 52.0 Å². The van der Waals surface area contributed by atoms with Gasteiger partial charge in [-0.2, -0.15) is 0 Å². The summed E-state index contributed by atoms with van der Waals surface area (Å²) in [5, 5.41) is 17.1. The van der Waals surface area contributed by atoms with E-state index >= 15 is 0 Å². The molecule has 0 unspecified atom stereocenters. The molecule has 0 amide bonds. The summed E-state index contributed by atoms with van der Waals surface area (Å²) >= 11 is 12.3. The molecule has 23 heteroatoms. The van der Waals surface area contributed by atoms with Crippen LogP contribution < -0.4 is 29.6 Å². The molecule has 2 atom stereocenters. The van der Waals surface area contributed by atoms with Crippen LogP contribution in [0.2, 0.25) is 10.0 Å². The fourth-order valence-electron chi connectivity index (χ4n) is 9.36. The molecular weight excluding hydrogens is 1110 g/mol. The molecule has 0 saturated heterocycles. The second kappa shape index (κ2) is 31.3. The van der Waals surface area contributed by atoms with Crippen LogP contribution in [-0.2, 0) is 32.2 Å². The average Bonchev–Trinajstić information content (AvgIpc) is 3.36. The van der Waals surface area contributed by atoms with Gasteiger partial charge in [-0.15, -0.1) is 0 Å². The Balaban J connectivity index is 0.000000239. The number of benzene rings is 4. The number of nitrogens with zero attached hydrogens (tertiary/aromatic N) is 8. The molecule has 4 bridgehead atoms. The number of aromatic nitrogens is 4. The molecule has 2 aromatic heterocycles. The number of carbonyl (C=O) groups excluding carboxylic acids is 3. The number of Topliss-reactive ketones (excluding diaryl/α,β-unsaturated/α-hetero) is 2. The van der Waals surface area contributed by atoms with Crippen LogP contribution in [0.1, 0.15) is 83.3 Å². The number of ketones is 2. The van der Waals surface area contributed by atoms with Gasteiger partial charge in [-0.1, -0.05) is 23.2 Å². The first-order valence-electron chi connectivity index (χ1n) is 28.0. The summed E-state index contributed by atoms with van der Waals surface area (Å²) in [7, 11) is 7.61. The maximum atomic E-state index is 14.6. The lowest BCUT2D eigenvalue weighted by molar-refractivity contribution is -0.141. The molecule has 4 aromatic carbocycles. The maximum absolute atomic E-state index is 14.6. The van der Waals surface area contributed by atoms with Crippen LogP contribution >= 0.6 is 23.2 Å². The molecule has 6 aromatic rings. The van der Waals surface area contributed by atoms with E-state index in [0.29, 0.717) is 177 Å². The Morgan fingerprint density at radius 2 is 1.11 bits per heavy atom. The summed E-state index contributed by atoms with van der Waals surface area (Å²) in [5.74, 6) is 2.09. The van der Waals surface area contributed by atoms with Crippen molar-refractivity contribution in [3.8, 4) is 23.0 Å². The highest BCUT2D eigenvalue weighted by Crippen LogP contribution is 2.39. The molecule has 0 fully saturated rings. The summed E-state index contributed by atoms with van der Waals surface area (Å²) in [6.07, 6.45) is 8.02. The van der Waals surface area contributed by atoms with E-state index in [4.69, 9.17) is 52.0 Å². The predicted molar refractivity (Wildman–Crippen MR) is 318 cm³/mol. The Bertz CT molecular complexity index is 3180. The minimum absolute atomic E-state index is 0.0184. The molecular formula is C60H76Cl2F2N10O9. The van der Waals surface area contributed by atoms with E-state index in [-0.39, 0.29) is 46.3 Å². The van der Waals surface area contributed by atoms with Gasteiger partial charge in [0.15, 0.2) is 23.0 Å². The third kappa shape index (κ3) is 18.5. The van der Waals surface area contributed by atoms with Gasteiger partial charge in [-0.3, -0.25) is 24.2 Å². The van der Waals surface area contributed by atoms with Crippen molar-refractivity contribution in [1.29, 1.82) is 0 Å². The lowest BCUT2D eigenvalue weighted by Gasteiger charge is -2.25. The third-order valence-corrected chi connectivity index (χ3v) is 15.2. The quantitative estimate of drug-likeness (QED) is 0.0646. The fourth-order valence-corrected chi connectivity index (χ4v) is 9.69. The summed E-state index contributed by atoms with van der Waals surface area (Å²) < 4.78 is 58.7. The number of nitrogens with one attached hydrogen (secondary N) is 2. The van der Waals surface area contributed by atoms with Gasteiger partial charge < -0.3 is 49.2 Å². The number of ether oxygens (including phenoxy) is 5. The van der Waals surface area contributed by atoms with Crippen molar-refractivity contribution in [2.75, 3.05) is 105 Å². The SMILES string of the molecule is CC(=O)OCCN(C)CCCOc1cc2ncnc3c2cc1OCCCCC(=O)[C@H](C)N(C)Cc1cc(F)c(Cl)cc1N3.C[C@H]1C(=O)CCCCOc2cc3c(ncnc3cc2OCCCN(C)CCO)Nc2cc(Cl)c(F)cc2CN1C. The van der Waals surface area contributed by atoms with E-state index in [0.717, 1.165) is 25.9 Å². The topological polar surface area (TPSA) is 206 Å². The van der Waals surface area contributed by atoms with Gasteiger partial charge in [0.1, 0.15) is 54.1 Å². The minimum atomic E-state index is -0.537. The molecule has 0 aliphatic carbocycles. The highest BCUT2D eigenvalue weighted by Gasteiger charge is 2.24. The molecule has 2 aliphatic heterocycles. The van der Waals surface area contributed by atoms with Crippen LogP contribution in [0, 0.1) is 11.6 Å². The van der Waals surface area contributed by atoms with Crippen LogP contribution in [0.3, 0.4) is 0 Å². The number of hydrogen-bond donors (Lipinski definition) is 3. The van der Waals surface area contributed by atoms with Crippen molar-refractivity contribution in [2.24, 2.45) is 0 Å². The first-order valence-corrected chi connectivity index (χ1v) is 28.8. The average molecular weight is 1190 g/mol. The number of aliphatic hydroxyl groups excluding tert-OH is 1. The summed E-state index contributed by atoms with van der Waals surface area (Å²) in [5.41, 5.74) is 3.74. The van der Waals surface area contributed by atoms with Gasteiger partial charge in [0.05, 0.1) is 66.2 Å². The Morgan fingerprint density at radius 1 is 0.663 bits per heavy atom. The summed E-state index contributed by atoms with van der Waals surface area (Å²) in [4.78, 5) is 62.5. The molecule has 3 N–H and O–H groups in total. The summed E-state index contributed by atoms with van der Waals surface area (Å²) in [6.45, 7) is 10.8. The largest absolute Gasteiger partial charge is 0.490 e. The molecule has 0 radical (unpaired) electrons. The zero-order chi connectivity index (χ0) is 59.6. The molecule has 4 heterocycles. The van der Waals surface area contributed by atoms with Crippen LogP contribution in [-0.4, -0.2) is 168 Å². The first kappa shape index (κ1) is 64.0. The predicted octanol–water partition coefficient (Wildman–Crippen LogP) is 10.2. The van der Waals surface area contributed by atoms with Gasteiger partial charge in [0.2, 0.25) is 0 Å². The van der Waals surface area contributed by atoms with E-state index in [1.54, 1.807) is 0 Å². The molecule has 448 valence electrons. The van der Waals surface area contributed by atoms with E-state index in [1.165, 1.54) is 43.8 Å². The Labute approximate surface area is 493 Å². The number of likely N-dealkylation sites (N-methyl/N-ethyl adjacent to an activating group) is 4. The van der Waals surface area contributed by atoms with Gasteiger partial charge in [-0.05, 0) is 128 Å². The Morgan fingerprint density at radius 3 is 1.54 bits per heavy atom. The molecule has 2 aliphatic rings. The minimum Gasteiger partial charge on any atom is -0.490 e. The van der Waals surface area contributed by atoms with Gasteiger partial charge in [0.25, 0.3) is 0 Å². The van der Waals surface area contributed by atoms with Crippen molar-refractivity contribution in [3.05, 3.63) is 94.0 Å². The van der Waals surface area contributed by atoms with E-state index in [2.05, 4.69) is 35.5 Å². The smallest absolute Gasteiger partial charge is 0.302 e. The highest BCUT2D eigenvalue weighted by molar-refractivity contribution is 6.31. The second-order valence-corrected chi connectivity index (χ2v) is 21.8. The van der Waals surface area contributed by atoms with Crippen molar-refractivity contribution >= 4 is 85.6 Å². The van der Waals surface area contributed by atoms with E-state index in [1.807, 2.05) is 81.0 Å². The normalized spacial score (nSPS) is 16.8. The lowest BCUT2D eigenvalue weighted by atomic mass is 10.1. The summed E-state index contributed by atoms with van der Waals surface area (Å²) in [6, 6.07) is 12.5. The van der Waals surface area contributed by atoms with Crippen LogP contribution in [0.25, 0.3) is 21.8 Å². The van der Waals surface area contributed by atoms with Crippen molar-refractivity contribution in [1.82, 2.24) is 39.5 Å². The molecule has 0 saturated carbocycles. The Hall–Kier alpha value is -6.59. The van der Waals surface area contributed by atoms with Gasteiger partial charge in [-0.25, -0.2) is 28.7 Å². The monoisotopic (exact) mass is 1190 g/mol. The number of aliphatic hydroxyl groups is 1. The first-order chi connectivity index (χ1) is 39.9. The molecule has 0 spiro atoms.